The number of rotatable bonds is 10. The predicted octanol–water partition coefficient (Wildman–Crippen LogP) is -3.80. The SMILES string of the molecule is C[N+](C)(C)CCCOC(=O)c1ccc(C(=O)OCCC[N+](C)(C)C)cc1.[I-].[I-]. The van der Waals surface area contributed by atoms with Crippen LogP contribution in [0.5, 0.6) is 0 Å². The number of hydrogen-bond acceptors (Lipinski definition) is 4. The molecule has 28 heavy (non-hydrogen) atoms. The summed E-state index contributed by atoms with van der Waals surface area (Å²) in [7, 11) is 12.6. The molecule has 6 nitrogen and oxygen atoms in total. The van der Waals surface area contributed by atoms with Crippen molar-refractivity contribution in [3.8, 4) is 0 Å². The fourth-order valence-corrected chi connectivity index (χ4v) is 2.32. The van der Waals surface area contributed by atoms with Crippen molar-refractivity contribution in [2.24, 2.45) is 0 Å². The Bertz CT molecular complexity index is 541. The highest BCUT2D eigenvalue weighted by Gasteiger charge is 2.13. The first-order valence-electron chi connectivity index (χ1n) is 9.03. The molecule has 0 aliphatic rings. The van der Waals surface area contributed by atoms with Crippen LogP contribution >= 0.6 is 0 Å². The van der Waals surface area contributed by atoms with Crippen LogP contribution < -0.4 is 48.0 Å². The third-order valence-corrected chi connectivity index (χ3v) is 3.77. The Morgan fingerprint density at radius 2 is 0.964 bits per heavy atom. The Kier molecular flexibility index (Phi) is 14.6. The van der Waals surface area contributed by atoms with Crippen molar-refractivity contribution in [3.63, 3.8) is 0 Å². The van der Waals surface area contributed by atoms with Gasteiger partial charge in [0.2, 0.25) is 0 Å². The molecule has 8 heteroatoms. The van der Waals surface area contributed by atoms with E-state index >= 15 is 0 Å². The summed E-state index contributed by atoms with van der Waals surface area (Å²) in [6.45, 7) is 2.66. The molecule has 162 valence electrons. The van der Waals surface area contributed by atoms with E-state index in [-0.39, 0.29) is 59.9 Å². The molecule has 0 amide bonds. The molecular weight excluding hydrogens is 586 g/mol. The van der Waals surface area contributed by atoms with Gasteiger partial charge in [-0.15, -0.1) is 0 Å². The third kappa shape index (κ3) is 13.7. The Morgan fingerprint density at radius 3 is 1.21 bits per heavy atom. The van der Waals surface area contributed by atoms with E-state index in [0.717, 1.165) is 34.9 Å². The molecule has 0 spiro atoms. The van der Waals surface area contributed by atoms with Gasteiger partial charge in [0.05, 0.1) is 79.7 Å². The van der Waals surface area contributed by atoms with Crippen LogP contribution in [0.4, 0.5) is 0 Å². The topological polar surface area (TPSA) is 52.6 Å². The van der Waals surface area contributed by atoms with Crippen LogP contribution in [0.3, 0.4) is 0 Å². The monoisotopic (exact) mass is 620 g/mol. The van der Waals surface area contributed by atoms with E-state index < -0.39 is 0 Å². The van der Waals surface area contributed by atoms with Crippen LogP contribution in [-0.2, 0) is 9.47 Å². The number of ether oxygens (including phenoxy) is 2. The summed E-state index contributed by atoms with van der Waals surface area (Å²) in [6, 6.07) is 6.41. The number of halogens is 2. The minimum atomic E-state index is -0.366. The maximum absolute atomic E-state index is 12.0. The molecule has 0 saturated carbocycles. The highest BCUT2D eigenvalue weighted by atomic mass is 127. The number of carbonyl (C=O) groups is 2. The summed E-state index contributed by atoms with van der Waals surface area (Å²) in [6.07, 6.45) is 1.62. The summed E-state index contributed by atoms with van der Waals surface area (Å²) in [5, 5.41) is 0. The second kappa shape index (κ2) is 13.7. The van der Waals surface area contributed by atoms with Crippen LogP contribution in [0.15, 0.2) is 24.3 Å². The maximum Gasteiger partial charge on any atom is 0.338 e. The zero-order valence-corrected chi connectivity index (χ0v) is 22.2. The van der Waals surface area contributed by atoms with Gasteiger partial charge in [-0.05, 0) is 24.3 Å². The Labute approximate surface area is 203 Å². The minimum Gasteiger partial charge on any atom is -1.00 e. The highest BCUT2D eigenvalue weighted by molar-refractivity contribution is 5.93. The second-order valence-electron chi connectivity index (χ2n) is 8.58. The number of carbonyl (C=O) groups excluding carboxylic acids is 2. The molecule has 1 rings (SSSR count). The van der Waals surface area contributed by atoms with Crippen LogP contribution in [0, 0.1) is 0 Å². The molecule has 0 fully saturated rings. The minimum absolute atomic E-state index is 0. The molecule has 0 N–H and O–H groups in total. The quantitative estimate of drug-likeness (QED) is 0.117. The molecule has 0 aliphatic heterocycles. The number of esters is 2. The summed E-state index contributed by atoms with van der Waals surface area (Å²) in [5.41, 5.74) is 0.883. The highest BCUT2D eigenvalue weighted by Crippen LogP contribution is 2.08. The molecule has 0 bridgehead atoms. The predicted molar refractivity (Wildman–Crippen MR) is 102 cm³/mol. The second-order valence-corrected chi connectivity index (χ2v) is 8.58. The fraction of sp³-hybridized carbons (Fsp3) is 0.600. The Balaban J connectivity index is 0. The smallest absolute Gasteiger partial charge is 0.338 e. The van der Waals surface area contributed by atoms with Crippen LogP contribution in [0.25, 0.3) is 0 Å². The molecule has 0 unspecified atom stereocenters. The standard InChI is InChI=1S/C20H34N2O4.2HI/c1-21(2,3)13-7-15-25-19(23)17-9-11-18(12-10-17)20(24)26-16-8-14-22(4,5)6;;/h9-12H,7-8,13-16H2,1-6H3;2*1H/q+2;;/p-2. The van der Waals surface area contributed by atoms with Gasteiger partial charge >= 0.3 is 11.9 Å². The average Bonchev–Trinajstić information content (AvgIpc) is 2.53. The van der Waals surface area contributed by atoms with E-state index in [1.807, 2.05) is 0 Å². The van der Waals surface area contributed by atoms with Crippen molar-refractivity contribution in [3.05, 3.63) is 35.4 Å². The number of nitrogens with zero attached hydrogens (tertiary/aromatic N) is 2. The van der Waals surface area contributed by atoms with Gasteiger partial charge in [-0.1, -0.05) is 0 Å². The van der Waals surface area contributed by atoms with Gasteiger partial charge in [0.25, 0.3) is 0 Å². The largest absolute Gasteiger partial charge is 1.00 e. The van der Waals surface area contributed by atoms with Gasteiger partial charge in [0, 0.05) is 12.8 Å². The lowest BCUT2D eigenvalue weighted by Crippen LogP contribution is -3.00. The lowest BCUT2D eigenvalue weighted by atomic mass is 10.1. The van der Waals surface area contributed by atoms with E-state index in [4.69, 9.17) is 9.47 Å². The zero-order chi connectivity index (χ0) is 19.8. The molecule has 0 aromatic heterocycles. The molecule has 0 atom stereocenters. The molecule has 0 aliphatic carbocycles. The van der Waals surface area contributed by atoms with Gasteiger partial charge in [-0.3, -0.25) is 0 Å². The van der Waals surface area contributed by atoms with Crippen molar-refractivity contribution >= 4 is 11.9 Å². The van der Waals surface area contributed by atoms with E-state index in [1.54, 1.807) is 24.3 Å². The van der Waals surface area contributed by atoms with Crippen molar-refractivity contribution in [2.75, 3.05) is 68.6 Å². The summed E-state index contributed by atoms with van der Waals surface area (Å²) < 4.78 is 12.2. The first kappa shape index (κ1) is 29.7. The van der Waals surface area contributed by atoms with Crippen molar-refractivity contribution < 1.29 is 76.0 Å². The molecular formula is C20H34I2N2O4. The molecule has 0 saturated heterocycles. The summed E-state index contributed by atoms with van der Waals surface area (Å²) in [5.74, 6) is -0.733. The van der Waals surface area contributed by atoms with Crippen LogP contribution in [0.2, 0.25) is 0 Å². The van der Waals surface area contributed by atoms with Gasteiger partial charge in [-0.2, -0.15) is 0 Å². The van der Waals surface area contributed by atoms with Crippen molar-refractivity contribution in [1.82, 2.24) is 0 Å². The number of quaternary nitrogens is 2. The first-order valence-corrected chi connectivity index (χ1v) is 9.03. The maximum atomic E-state index is 12.0. The van der Waals surface area contributed by atoms with Crippen molar-refractivity contribution in [2.45, 2.75) is 12.8 Å². The molecule has 1 aromatic rings. The number of benzene rings is 1. The van der Waals surface area contributed by atoms with E-state index in [1.165, 1.54) is 0 Å². The third-order valence-electron chi connectivity index (χ3n) is 3.77. The number of hydrogen-bond donors (Lipinski definition) is 0. The lowest BCUT2D eigenvalue weighted by Gasteiger charge is -2.23. The van der Waals surface area contributed by atoms with Gasteiger partial charge < -0.3 is 66.4 Å². The Morgan fingerprint density at radius 1 is 0.679 bits per heavy atom. The average molecular weight is 620 g/mol. The molecule has 0 radical (unpaired) electrons. The normalized spacial score (nSPS) is 11.1. The van der Waals surface area contributed by atoms with Gasteiger partial charge in [0.1, 0.15) is 0 Å². The van der Waals surface area contributed by atoms with Crippen LogP contribution in [0.1, 0.15) is 33.6 Å². The Hall–Kier alpha value is -0.460. The van der Waals surface area contributed by atoms with E-state index in [9.17, 15) is 9.59 Å². The van der Waals surface area contributed by atoms with E-state index in [2.05, 4.69) is 42.3 Å². The molecule has 1 aromatic carbocycles. The van der Waals surface area contributed by atoms with E-state index in [0.29, 0.717) is 24.3 Å². The van der Waals surface area contributed by atoms with Gasteiger partial charge in [0.15, 0.2) is 0 Å². The lowest BCUT2D eigenvalue weighted by molar-refractivity contribution is -0.870. The zero-order valence-electron chi connectivity index (χ0n) is 17.8. The fourth-order valence-electron chi connectivity index (χ4n) is 2.32. The first-order chi connectivity index (χ1) is 12.0. The summed E-state index contributed by atoms with van der Waals surface area (Å²) >= 11 is 0. The summed E-state index contributed by atoms with van der Waals surface area (Å²) in [4.78, 5) is 24.0. The van der Waals surface area contributed by atoms with Gasteiger partial charge in [-0.25, -0.2) is 9.59 Å². The van der Waals surface area contributed by atoms with Crippen molar-refractivity contribution in [1.29, 1.82) is 0 Å². The van der Waals surface area contributed by atoms with Crippen LogP contribution in [-0.4, -0.2) is 89.5 Å². The molecule has 0 heterocycles.